The van der Waals surface area contributed by atoms with Crippen molar-refractivity contribution in [2.24, 2.45) is 11.8 Å². The predicted molar refractivity (Wildman–Crippen MR) is 46.4 cm³/mol. The lowest BCUT2D eigenvalue weighted by molar-refractivity contribution is 0.123. The van der Waals surface area contributed by atoms with Crippen LogP contribution in [0.5, 0.6) is 0 Å². The van der Waals surface area contributed by atoms with Crippen LogP contribution in [0.25, 0.3) is 0 Å². The van der Waals surface area contributed by atoms with Crippen molar-refractivity contribution in [1.82, 2.24) is 5.32 Å². The van der Waals surface area contributed by atoms with E-state index in [9.17, 15) is 5.11 Å². The summed E-state index contributed by atoms with van der Waals surface area (Å²) in [5, 5.41) is 12.7. The largest absolute Gasteiger partial charge is 0.392 e. The zero-order valence-electron chi connectivity index (χ0n) is 7.51. The SMILES string of the molecule is CC(C)C(O)CNCC1CC1. The van der Waals surface area contributed by atoms with Crippen LogP contribution in [0, 0.1) is 11.8 Å². The molecule has 2 heteroatoms. The Morgan fingerprint density at radius 3 is 2.55 bits per heavy atom. The van der Waals surface area contributed by atoms with Crippen molar-refractivity contribution in [1.29, 1.82) is 0 Å². The molecule has 66 valence electrons. The van der Waals surface area contributed by atoms with Gasteiger partial charge < -0.3 is 10.4 Å². The van der Waals surface area contributed by atoms with E-state index in [1.807, 2.05) is 13.8 Å². The van der Waals surface area contributed by atoms with E-state index in [-0.39, 0.29) is 6.10 Å². The van der Waals surface area contributed by atoms with Crippen LogP contribution in [0.15, 0.2) is 0 Å². The van der Waals surface area contributed by atoms with Crippen molar-refractivity contribution >= 4 is 0 Å². The van der Waals surface area contributed by atoms with Gasteiger partial charge in [-0.1, -0.05) is 13.8 Å². The molecule has 1 saturated carbocycles. The van der Waals surface area contributed by atoms with Crippen molar-refractivity contribution in [3.05, 3.63) is 0 Å². The summed E-state index contributed by atoms with van der Waals surface area (Å²) >= 11 is 0. The van der Waals surface area contributed by atoms with Gasteiger partial charge in [0.05, 0.1) is 6.10 Å². The first-order valence-corrected chi connectivity index (χ1v) is 4.59. The lowest BCUT2D eigenvalue weighted by Crippen LogP contribution is -2.31. The molecule has 1 aliphatic carbocycles. The molecule has 0 amide bonds. The molecule has 1 aliphatic rings. The molecule has 0 aromatic heterocycles. The molecule has 0 saturated heterocycles. The van der Waals surface area contributed by atoms with E-state index in [1.165, 1.54) is 12.8 Å². The Bertz CT molecular complexity index is 110. The summed E-state index contributed by atoms with van der Waals surface area (Å²) in [7, 11) is 0. The van der Waals surface area contributed by atoms with Crippen molar-refractivity contribution < 1.29 is 5.11 Å². The third kappa shape index (κ3) is 3.73. The first-order chi connectivity index (χ1) is 5.20. The summed E-state index contributed by atoms with van der Waals surface area (Å²) in [5.41, 5.74) is 0. The molecule has 0 aromatic carbocycles. The van der Waals surface area contributed by atoms with Crippen LogP contribution in [0.2, 0.25) is 0 Å². The van der Waals surface area contributed by atoms with Crippen LogP contribution in [0.4, 0.5) is 0 Å². The van der Waals surface area contributed by atoms with E-state index in [0.717, 1.165) is 19.0 Å². The van der Waals surface area contributed by atoms with Crippen molar-refractivity contribution in [2.75, 3.05) is 13.1 Å². The van der Waals surface area contributed by atoms with Crippen LogP contribution in [0.1, 0.15) is 26.7 Å². The Balaban J connectivity index is 1.92. The van der Waals surface area contributed by atoms with Crippen LogP contribution in [-0.4, -0.2) is 24.3 Å². The predicted octanol–water partition coefficient (Wildman–Crippen LogP) is 1.00. The lowest BCUT2D eigenvalue weighted by Gasteiger charge is -2.14. The topological polar surface area (TPSA) is 32.3 Å². The smallest absolute Gasteiger partial charge is 0.0687 e. The zero-order chi connectivity index (χ0) is 8.27. The molecule has 1 unspecified atom stereocenters. The van der Waals surface area contributed by atoms with Gasteiger partial charge in [0, 0.05) is 6.54 Å². The number of rotatable bonds is 5. The highest BCUT2D eigenvalue weighted by Gasteiger charge is 2.20. The minimum atomic E-state index is -0.172. The summed E-state index contributed by atoms with van der Waals surface area (Å²) in [4.78, 5) is 0. The van der Waals surface area contributed by atoms with E-state index in [2.05, 4.69) is 5.32 Å². The van der Waals surface area contributed by atoms with E-state index < -0.39 is 0 Å². The Kier molecular flexibility index (Phi) is 3.34. The minimum Gasteiger partial charge on any atom is -0.392 e. The highest BCUT2D eigenvalue weighted by molar-refractivity contribution is 4.76. The summed E-state index contributed by atoms with van der Waals surface area (Å²) in [6.07, 6.45) is 2.59. The van der Waals surface area contributed by atoms with Gasteiger partial charge in [-0.05, 0) is 31.2 Å². The van der Waals surface area contributed by atoms with Crippen molar-refractivity contribution in [3.63, 3.8) is 0 Å². The highest BCUT2D eigenvalue weighted by Crippen LogP contribution is 2.27. The third-order valence-corrected chi connectivity index (χ3v) is 2.25. The molecule has 0 bridgehead atoms. The Hall–Kier alpha value is -0.0800. The molecule has 1 atom stereocenters. The molecule has 0 heterocycles. The molecule has 11 heavy (non-hydrogen) atoms. The first-order valence-electron chi connectivity index (χ1n) is 4.59. The van der Waals surface area contributed by atoms with Crippen LogP contribution in [0.3, 0.4) is 0 Å². The summed E-state index contributed by atoms with van der Waals surface area (Å²) in [6, 6.07) is 0. The van der Waals surface area contributed by atoms with E-state index in [0.29, 0.717) is 5.92 Å². The van der Waals surface area contributed by atoms with Crippen LogP contribution < -0.4 is 5.32 Å². The molecule has 0 spiro atoms. The van der Waals surface area contributed by atoms with E-state index >= 15 is 0 Å². The second-order valence-corrected chi connectivity index (χ2v) is 3.91. The van der Waals surface area contributed by atoms with Gasteiger partial charge in [-0.2, -0.15) is 0 Å². The number of aliphatic hydroxyl groups excluding tert-OH is 1. The average Bonchev–Trinajstić information content (AvgIpc) is 2.71. The van der Waals surface area contributed by atoms with Crippen molar-refractivity contribution in [2.45, 2.75) is 32.8 Å². The highest BCUT2D eigenvalue weighted by atomic mass is 16.3. The van der Waals surface area contributed by atoms with Gasteiger partial charge in [0.15, 0.2) is 0 Å². The second-order valence-electron chi connectivity index (χ2n) is 3.91. The maximum atomic E-state index is 9.40. The van der Waals surface area contributed by atoms with Gasteiger partial charge in [-0.3, -0.25) is 0 Å². The molecule has 1 rings (SSSR count). The first kappa shape index (κ1) is 9.01. The quantitative estimate of drug-likeness (QED) is 0.624. The van der Waals surface area contributed by atoms with Crippen molar-refractivity contribution in [3.8, 4) is 0 Å². The molecular weight excluding hydrogens is 138 g/mol. The minimum absolute atomic E-state index is 0.172. The molecule has 0 aromatic rings. The van der Waals surface area contributed by atoms with Gasteiger partial charge in [0.25, 0.3) is 0 Å². The van der Waals surface area contributed by atoms with Gasteiger partial charge in [0.2, 0.25) is 0 Å². The summed E-state index contributed by atoms with van der Waals surface area (Å²) < 4.78 is 0. The van der Waals surface area contributed by atoms with Gasteiger partial charge in [-0.25, -0.2) is 0 Å². The van der Waals surface area contributed by atoms with Gasteiger partial charge >= 0.3 is 0 Å². The van der Waals surface area contributed by atoms with E-state index in [1.54, 1.807) is 0 Å². The van der Waals surface area contributed by atoms with Gasteiger partial charge in [-0.15, -0.1) is 0 Å². The third-order valence-electron chi connectivity index (χ3n) is 2.25. The molecule has 2 N–H and O–H groups in total. The maximum Gasteiger partial charge on any atom is 0.0687 e. The average molecular weight is 157 g/mol. The summed E-state index contributed by atoms with van der Waals surface area (Å²) in [5.74, 6) is 1.29. The van der Waals surface area contributed by atoms with Crippen LogP contribution in [-0.2, 0) is 0 Å². The monoisotopic (exact) mass is 157 g/mol. The lowest BCUT2D eigenvalue weighted by atomic mass is 10.1. The number of hydrogen-bond acceptors (Lipinski definition) is 2. The zero-order valence-corrected chi connectivity index (χ0v) is 7.51. The number of nitrogens with one attached hydrogen (secondary N) is 1. The van der Waals surface area contributed by atoms with Gasteiger partial charge in [0.1, 0.15) is 0 Å². The molecular formula is C9H19NO. The second kappa shape index (κ2) is 4.07. The Labute approximate surface area is 69.0 Å². The fraction of sp³-hybridized carbons (Fsp3) is 1.00. The maximum absolute atomic E-state index is 9.40. The Morgan fingerprint density at radius 1 is 1.45 bits per heavy atom. The number of aliphatic hydroxyl groups is 1. The molecule has 1 fully saturated rings. The van der Waals surface area contributed by atoms with Crippen LogP contribution >= 0.6 is 0 Å². The molecule has 0 radical (unpaired) electrons. The van der Waals surface area contributed by atoms with E-state index in [4.69, 9.17) is 0 Å². The standard InChI is InChI=1S/C9H19NO/c1-7(2)9(11)6-10-5-8-3-4-8/h7-11H,3-6H2,1-2H3. The number of hydrogen-bond donors (Lipinski definition) is 2. The summed E-state index contributed by atoms with van der Waals surface area (Å²) in [6.45, 7) is 5.95. The fourth-order valence-electron chi connectivity index (χ4n) is 0.993. The molecule has 0 aliphatic heterocycles. The Morgan fingerprint density at radius 2 is 2.09 bits per heavy atom. The fourth-order valence-corrected chi connectivity index (χ4v) is 0.993. The molecule has 2 nitrogen and oxygen atoms in total. The normalized spacial score (nSPS) is 20.7.